The molecule has 0 aliphatic rings. The maximum absolute atomic E-state index is 9.94. The lowest BCUT2D eigenvalue weighted by atomic mass is 10.4. The molecule has 0 heterocycles. The Morgan fingerprint density at radius 2 is 1.09 bits per heavy atom. The summed E-state index contributed by atoms with van der Waals surface area (Å²) in [6.45, 7) is 13.8. The van der Waals surface area contributed by atoms with Gasteiger partial charge in [0, 0.05) is 16.7 Å². The minimum atomic E-state index is -0.935. The summed E-state index contributed by atoms with van der Waals surface area (Å²) in [6.07, 6.45) is 0.750. The smallest absolute Gasteiger partial charge is 0.367 e. The predicted octanol–water partition coefficient (Wildman–Crippen LogP) is 1.77. The molecule has 0 aromatic carbocycles. The molecule has 9 nitrogen and oxygen atoms in total. The molecular formula is C13H19NO8. The lowest BCUT2D eigenvalue weighted by Gasteiger charge is -1.88. The molecule has 22 heavy (non-hydrogen) atoms. The fourth-order valence-corrected chi connectivity index (χ4v) is 0.0779. The van der Waals surface area contributed by atoms with E-state index in [2.05, 4.69) is 24.6 Å². The number of carboxylic acids is 2. The monoisotopic (exact) mass is 317 g/mol. The highest BCUT2D eigenvalue weighted by molar-refractivity contribution is 5.86. The molecule has 0 bridgehead atoms. The Labute approximate surface area is 127 Å². The summed E-state index contributed by atoms with van der Waals surface area (Å²) in [4.78, 5) is 40.8. The first kappa shape index (κ1) is 27.3. The van der Waals surface area contributed by atoms with Crippen LogP contribution in [0.1, 0.15) is 20.8 Å². The summed E-state index contributed by atoms with van der Waals surface area (Å²) in [6, 6.07) is 0. The summed E-state index contributed by atoms with van der Waals surface area (Å²) in [5, 5.41) is 28.8. The van der Waals surface area contributed by atoms with E-state index in [9.17, 15) is 14.4 Å². The highest BCUT2D eigenvalue weighted by atomic mass is 17.1. The van der Waals surface area contributed by atoms with Crippen LogP contribution >= 0.6 is 0 Å². The Balaban J connectivity index is -0.000000102. The number of carbonyl (C=O) groups excluding carboxylic acids is 2. The normalized spacial score (nSPS) is 6.91. The van der Waals surface area contributed by atoms with Gasteiger partial charge in [-0.25, -0.2) is 24.6 Å². The van der Waals surface area contributed by atoms with E-state index in [1.165, 1.54) is 20.8 Å². The van der Waals surface area contributed by atoms with Crippen LogP contribution in [-0.4, -0.2) is 39.5 Å². The maximum atomic E-state index is 9.94. The van der Waals surface area contributed by atoms with Gasteiger partial charge in [-0.05, 0) is 20.8 Å². The Morgan fingerprint density at radius 3 is 1.09 bits per heavy atom. The van der Waals surface area contributed by atoms with Crippen molar-refractivity contribution < 1.29 is 39.5 Å². The molecule has 0 saturated heterocycles. The second-order valence-corrected chi connectivity index (χ2v) is 3.43. The number of aliphatic carboxylic acids is 2. The topological polar surface area (TPSA) is 162 Å². The van der Waals surface area contributed by atoms with Crippen molar-refractivity contribution in [2.24, 2.45) is 0 Å². The molecule has 0 aliphatic carbocycles. The van der Waals surface area contributed by atoms with Gasteiger partial charge in [0.05, 0.1) is 0 Å². The molecule has 0 spiro atoms. The van der Waals surface area contributed by atoms with Gasteiger partial charge >= 0.3 is 17.9 Å². The van der Waals surface area contributed by atoms with Crippen LogP contribution in [0.15, 0.2) is 36.5 Å². The molecule has 0 amide bonds. The predicted molar refractivity (Wildman–Crippen MR) is 76.8 cm³/mol. The Bertz CT molecular complexity index is 411. The zero-order valence-electron chi connectivity index (χ0n) is 12.5. The van der Waals surface area contributed by atoms with E-state index in [0.717, 1.165) is 6.08 Å². The van der Waals surface area contributed by atoms with Gasteiger partial charge in [-0.2, -0.15) is 5.26 Å². The lowest BCUT2D eigenvalue weighted by Crippen LogP contribution is -1.99. The van der Waals surface area contributed by atoms with Gasteiger partial charge in [0.25, 0.3) is 0 Å². The molecule has 0 aromatic heterocycles. The molecule has 0 aromatic rings. The van der Waals surface area contributed by atoms with Crippen molar-refractivity contribution in [3.05, 3.63) is 36.5 Å². The largest absolute Gasteiger partial charge is 0.478 e. The third-order valence-corrected chi connectivity index (χ3v) is 1.16. The number of isocyanates is 1. The van der Waals surface area contributed by atoms with Crippen LogP contribution in [0, 0.1) is 5.41 Å². The average molecular weight is 317 g/mol. The molecule has 0 saturated carbocycles. The van der Waals surface area contributed by atoms with Gasteiger partial charge in [0.15, 0.2) is 0 Å². The third-order valence-electron chi connectivity index (χ3n) is 1.16. The molecule has 9 heteroatoms. The van der Waals surface area contributed by atoms with Crippen molar-refractivity contribution in [2.75, 3.05) is 0 Å². The van der Waals surface area contributed by atoms with Crippen molar-refractivity contribution >= 4 is 24.0 Å². The fraction of sp³-hybridized carbons (Fsp3) is 0.231. The van der Waals surface area contributed by atoms with Crippen molar-refractivity contribution in [1.82, 2.24) is 0 Å². The van der Waals surface area contributed by atoms with Crippen LogP contribution in [0.5, 0.6) is 0 Å². The zero-order valence-corrected chi connectivity index (χ0v) is 12.5. The van der Waals surface area contributed by atoms with Gasteiger partial charge in [0.1, 0.15) is 0 Å². The van der Waals surface area contributed by atoms with Gasteiger partial charge in [-0.3, -0.25) is 4.89 Å². The lowest BCUT2D eigenvalue weighted by molar-refractivity contribution is -0.229. The van der Waals surface area contributed by atoms with Crippen molar-refractivity contribution in [2.45, 2.75) is 20.8 Å². The van der Waals surface area contributed by atoms with E-state index in [-0.39, 0.29) is 16.7 Å². The molecule has 0 rings (SSSR count). The van der Waals surface area contributed by atoms with Crippen molar-refractivity contribution in [1.29, 1.82) is 5.41 Å². The van der Waals surface area contributed by atoms with Gasteiger partial charge < -0.3 is 10.2 Å². The number of nitrogens with one attached hydrogen (secondary N) is 1. The first-order valence-corrected chi connectivity index (χ1v) is 5.21. The van der Waals surface area contributed by atoms with E-state index in [1.54, 1.807) is 0 Å². The minimum absolute atomic E-state index is 0.176. The Hall–Kier alpha value is -3.03. The Kier molecular flexibility index (Phi) is 22.3. The second-order valence-electron chi connectivity index (χ2n) is 3.43. The summed E-state index contributed by atoms with van der Waals surface area (Å²) in [5.74, 6) is -2.66. The highest BCUT2D eigenvalue weighted by Gasteiger charge is 1.98. The van der Waals surface area contributed by atoms with Gasteiger partial charge in [0.2, 0.25) is 6.08 Å². The summed E-state index contributed by atoms with van der Waals surface area (Å²) in [5.41, 5.74) is 0.535. The van der Waals surface area contributed by atoms with Crippen LogP contribution in [0.2, 0.25) is 0 Å². The standard InChI is InChI=1S/C4H6O3.2C4H6O2.CHNO/c1-3(2)4(5)7-6;2*1-3(2)4(5)6;2-1-3/h6H,1H2,2H3;2*1H2,2H3,(H,5,6);2H. The maximum Gasteiger partial charge on any atom is 0.367 e. The fourth-order valence-electron chi connectivity index (χ4n) is 0.0779. The average Bonchev–Trinajstić information content (AvgIpc) is 2.39. The van der Waals surface area contributed by atoms with Gasteiger partial charge in [-0.1, -0.05) is 19.7 Å². The van der Waals surface area contributed by atoms with Crippen LogP contribution in [-0.2, 0) is 24.1 Å². The van der Waals surface area contributed by atoms with E-state index < -0.39 is 17.9 Å². The van der Waals surface area contributed by atoms with E-state index >= 15 is 0 Å². The highest BCUT2D eigenvalue weighted by Crippen LogP contribution is 1.86. The number of carbonyl (C=O) groups is 3. The first-order valence-electron chi connectivity index (χ1n) is 5.21. The van der Waals surface area contributed by atoms with E-state index in [1.807, 2.05) is 0 Å². The Morgan fingerprint density at radius 1 is 0.909 bits per heavy atom. The molecule has 0 atom stereocenters. The SMILES string of the molecule is C=C(C)C(=O)O.C=C(C)C(=O)O.C=C(C)C(=O)OO.N=C=O. The van der Waals surface area contributed by atoms with Gasteiger partial charge in [-0.15, -0.1) is 0 Å². The molecule has 0 radical (unpaired) electrons. The zero-order chi connectivity index (χ0) is 18.9. The molecule has 0 fully saturated rings. The first-order chi connectivity index (χ1) is 9.88. The minimum Gasteiger partial charge on any atom is -0.478 e. The molecule has 0 aliphatic heterocycles. The molecular weight excluding hydrogens is 298 g/mol. The van der Waals surface area contributed by atoms with Crippen LogP contribution in [0.3, 0.4) is 0 Å². The number of rotatable bonds is 3. The molecule has 4 N–H and O–H groups in total. The quantitative estimate of drug-likeness (QED) is 0.201. The van der Waals surface area contributed by atoms with Crippen molar-refractivity contribution in [3.63, 3.8) is 0 Å². The van der Waals surface area contributed by atoms with Crippen LogP contribution < -0.4 is 0 Å². The second kappa shape index (κ2) is 18.0. The van der Waals surface area contributed by atoms with Crippen LogP contribution in [0.4, 0.5) is 0 Å². The van der Waals surface area contributed by atoms with Crippen molar-refractivity contribution in [3.8, 4) is 0 Å². The summed E-state index contributed by atoms with van der Waals surface area (Å²) < 4.78 is 0. The van der Waals surface area contributed by atoms with Crippen LogP contribution in [0.25, 0.3) is 0 Å². The van der Waals surface area contributed by atoms with E-state index in [4.69, 9.17) is 25.7 Å². The third kappa shape index (κ3) is 36.0. The number of hydrogen-bond acceptors (Lipinski definition) is 7. The molecule has 124 valence electrons. The number of carboxylic acid groups (broad SMARTS) is 2. The van der Waals surface area contributed by atoms with E-state index in [0.29, 0.717) is 0 Å². The summed E-state index contributed by atoms with van der Waals surface area (Å²) in [7, 11) is 0. The molecule has 0 unspecified atom stereocenters. The summed E-state index contributed by atoms with van der Waals surface area (Å²) >= 11 is 0. The number of hydrogen-bond donors (Lipinski definition) is 4.